The van der Waals surface area contributed by atoms with Gasteiger partial charge in [0, 0.05) is 19.2 Å². The van der Waals surface area contributed by atoms with Gasteiger partial charge in [-0.15, -0.1) is 0 Å². The molecule has 1 aromatic rings. The number of ether oxygens (including phenoxy) is 1. The second-order valence-corrected chi connectivity index (χ2v) is 4.17. The van der Waals surface area contributed by atoms with Crippen LogP contribution < -0.4 is 15.4 Å². The van der Waals surface area contributed by atoms with Crippen LogP contribution in [-0.4, -0.2) is 36.2 Å². The number of hydrogen-bond acceptors (Lipinski definition) is 5. The molecular weight excluding hydrogens is 228 g/mol. The van der Waals surface area contributed by atoms with Crippen molar-refractivity contribution >= 4 is 5.82 Å². The minimum Gasteiger partial charge on any atom is -0.478 e. The van der Waals surface area contributed by atoms with Crippen LogP contribution in [0.4, 0.5) is 5.82 Å². The normalized spacial score (nSPS) is 10.4. The van der Waals surface area contributed by atoms with Crippen molar-refractivity contribution in [3.8, 4) is 5.88 Å². The zero-order valence-electron chi connectivity index (χ0n) is 11.6. The molecule has 0 spiro atoms. The van der Waals surface area contributed by atoms with Crippen molar-refractivity contribution in [1.29, 1.82) is 0 Å². The van der Waals surface area contributed by atoms with Crippen LogP contribution in [-0.2, 0) is 0 Å². The highest BCUT2D eigenvalue weighted by atomic mass is 16.5. The monoisotopic (exact) mass is 252 g/mol. The summed E-state index contributed by atoms with van der Waals surface area (Å²) < 4.78 is 5.46. The molecule has 0 aliphatic carbocycles. The molecule has 1 heterocycles. The fourth-order valence-corrected chi connectivity index (χ4v) is 1.80. The van der Waals surface area contributed by atoms with Crippen LogP contribution in [0.15, 0.2) is 6.07 Å². The molecule has 0 radical (unpaired) electrons. The Morgan fingerprint density at radius 1 is 1.28 bits per heavy atom. The molecule has 0 amide bonds. The quantitative estimate of drug-likeness (QED) is 0.763. The van der Waals surface area contributed by atoms with Crippen LogP contribution >= 0.6 is 0 Å². The van der Waals surface area contributed by atoms with E-state index in [1.807, 2.05) is 19.9 Å². The summed E-state index contributed by atoms with van der Waals surface area (Å²) >= 11 is 0. The SMILES string of the molecule is CCCN(CCCN)c1cc(OCC)nc(C)n1. The molecule has 0 aromatic carbocycles. The molecule has 1 aromatic heterocycles. The highest BCUT2D eigenvalue weighted by Crippen LogP contribution is 2.18. The Morgan fingerprint density at radius 2 is 2.06 bits per heavy atom. The summed E-state index contributed by atoms with van der Waals surface area (Å²) in [6, 6.07) is 1.91. The van der Waals surface area contributed by atoms with E-state index in [9.17, 15) is 0 Å². The molecule has 0 unspecified atom stereocenters. The second kappa shape index (κ2) is 7.87. The van der Waals surface area contributed by atoms with Gasteiger partial charge in [-0.2, -0.15) is 4.98 Å². The summed E-state index contributed by atoms with van der Waals surface area (Å²) in [6.45, 7) is 9.21. The minimum atomic E-state index is 0.618. The molecule has 2 N–H and O–H groups in total. The van der Waals surface area contributed by atoms with Gasteiger partial charge >= 0.3 is 0 Å². The van der Waals surface area contributed by atoms with Gasteiger partial charge in [-0.1, -0.05) is 6.92 Å². The van der Waals surface area contributed by atoms with Crippen LogP contribution in [0.1, 0.15) is 32.5 Å². The number of hydrogen-bond donors (Lipinski definition) is 1. The van der Waals surface area contributed by atoms with E-state index in [1.165, 1.54) is 0 Å². The summed E-state index contributed by atoms with van der Waals surface area (Å²) in [4.78, 5) is 11.0. The van der Waals surface area contributed by atoms with Crippen molar-refractivity contribution < 1.29 is 4.74 Å². The first-order chi connectivity index (χ1) is 8.71. The van der Waals surface area contributed by atoms with Gasteiger partial charge in [0.25, 0.3) is 0 Å². The second-order valence-electron chi connectivity index (χ2n) is 4.17. The van der Waals surface area contributed by atoms with E-state index in [0.29, 0.717) is 19.0 Å². The summed E-state index contributed by atoms with van der Waals surface area (Å²) in [7, 11) is 0. The first-order valence-electron chi connectivity index (χ1n) is 6.64. The Bertz CT molecular complexity index is 357. The predicted octanol–water partition coefficient (Wildman–Crippen LogP) is 1.75. The number of nitrogens with two attached hydrogens (primary N) is 1. The van der Waals surface area contributed by atoms with Crippen LogP contribution in [0.25, 0.3) is 0 Å². The fraction of sp³-hybridized carbons (Fsp3) is 0.692. The average molecular weight is 252 g/mol. The van der Waals surface area contributed by atoms with Crippen molar-refractivity contribution in [3.05, 3.63) is 11.9 Å². The maximum absolute atomic E-state index is 5.57. The van der Waals surface area contributed by atoms with E-state index in [2.05, 4.69) is 21.8 Å². The topological polar surface area (TPSA) is 64.3 Å². The Kier molecular flexibility index (Phi) is 6.43. The van der Waals surface area contributed by atoms with Crippen LogP contribution in [0.3, 0.4) is 0 Å². The maximum atomic E-state index is 5.57. The largest absolute Gasteiger partial charge is 0.478 e. The van der Waals surface area contributed by atoms with E-state index in [-0.39, 0.29) is 0 Å². The van der Waals surface area contributed by atoms with E-state index >= 15 is 0 Å². The summed E-state index contributed by atoms with van der Waals surface area (Å²) in [5.74, 6) is 2.32. The highest BCUT2D eigenvalue weighted by molar-refractivity contribution is 5.41. The van der Waals surface area contributed by atoms with Gasteiger partial charge in [0.1, 0.15) is 11.6 Å². The summed E-state index contributed by atoms with van der Waals surface area (Å²) in [6.07, 6.45) is 2.05. The Hall–Kier alpha value is -1.36. The average Bonchev–Trinajstić information content (AvgIpc) is 2.34. The van der Waals surface area contributed by atoms with Crippen LogP contribution in [0.2, 0.25) is 0 Å². The molecular formula is C13H24N4O. The molecule has 18 heavy (non-hydrogen) atoms. The van der Waals surface area contributed by atoms with E-state index < -0.39 is 0 Å². The summed E-state index contributed by atoms with van der Waals surface area (Å²) in [5, 5.41) is 0. The number of anilines is 1. The van der Waals surface area contributed by atoms with E-state index in [4.69, 9.17) is 10.5 Å². The first-order valence-corrected chi connectivity index (χ1v) is 6.64. The van der Waals surface area contributed by atoms with Gasteiger partial charge in [0.15, 0.2) is 0 Å². The third-order valence-corrected chi connectivity index (χ3v) is 2.54. The lowest BCUT2D eigenvalue weighted by Crippen LogP contribution is -2.28. The molecule has 1 rings (SSSR count). The molecule has 0 atom stereocenters. The fourth-order valence-electron chi connectivity index (χ4n) is 1.80. The lowest BCUT2D eigenvalue weighted by atomic mass is 10.3. The molecule has 0 saturated carbocycles. The maximum Gasteiger partial charge on any atom is 0.218 e. The number of rotatable bonds is 8. The van der Waals surface area contributed by atoms with Crippen molar-refractivity contribution in [3.63, 3.8) is 0 Å². The highest BCUT2D eigenvalue weighted by Gasteiger charge is 2.10. The van der Waals surface area contributed by atoms with Gasteiger partial charge in [0.2, 0.25) is 5.88 Å². The van der Waals surface area contributed by atoms with E-state index in [0.717, 1.165) is 37.6 Å². The number of nitrogens with zero attached hydrogens (tertiary/aromatic N) is 3. The number of aromatic nitrogens is 2. The Morgan fingerprint density at radius 3 is 2.67 bits per heavy atom. The molecule has 5 nitrogen and oxygen atoms in total. The Balaban J connectivity index is 2.87. The first kappa shape index (κ1) is 14.7. The third-order valence-electron chi connectivity index (χ3n) is 2.54. The zero-order valence-corrected chi connectivity index (χ0v) is 11.6. The van der Waals surface area contributed by atoms with Gasteiger partial charge in [-0.3, -0.25) is 0 Å². The molecule has 0 aliphatic rings. The van der Waals surface area contributed by atoms with Gasteiger partial charge in [-0.25, -0.2) is 4.98 Å². The standard InChI is InChI=1S/C13H24N4O/c1-4-8-17(9-6-7-14)12-10-13(18-5-2)16-11(3)15-12/h10H,4-9,14H2,1-3H3. The van der Waals surface area contributed by atoms with Gasteiger partial charge < -0.3 is 15.4 Å². The van der Waals surface area contributed by atoms with Crippen molar-refractivity contribution in [2.75, 3.05) is 31.1 Å². The summed E-state index contributed by atoms with van der Waals surface area (Å²) in [5.41, 5.74) is 5.57. The van der Waals surface area contributed by atoms with Crippen LogP contribution in [0, 0.1) is 6.92 Å². The molecule has 0 saturated heterocycles. The zero-order chi connectivity index (χ0) is 13.4. The van der Waals surface area contributed by atoms with Gasteiger partial charge in [0.05, 0.1) is 6.61 Å². The lowest BCUT2D eigenvalue weighted by molar-refractivity contribution is 0.325. The third kappa shape index (κ3) is 4.49. The molecule has 0 aliphatic heterocycles. The van der Waals surface area contributed by atoms with E-state index in [1.54, 1.807) is 0 Å². The van der Waals surface area contributed by atoms with Crippen molar-refractivity contribution in [2.24, 2.45) is 5.73 Å². The van der Waals surface area contributed by atoms with Gasteiger partial charge in [-0.05, 0) is 33.2 Å². The smallest absolute Gasteiger partial charge is 0.218 e. The molecule has 102 valence electrons. The van der Waals surface area contributed by atoms with Crippen molar-refractivity contribution in [1.82, 2.24) is 9.97 Å². The molecule has 0 bridgehead atoms. The predicted molar refractivity (Wildman–Crippen MR) is 74.1 cm³/mol. The molecule has 5 heteroatoms. The lowest BCUT2D eigenvalue weighted by Gasteiger charge is -2.23. The van der Waals surface area contributed by atoms with Crippen LogP contribution in [0.5, 0.6) is 5.88 Å². The molecule has 0 fully saturated rings. The Labute approximate surface area is 109 Å². The van der Waals surface area contributed by atoms with Crippen molar-refractivity contribution in [2.45, 2.75) is 33.6 Å². The minimum absolute atomic E-state index is 0.618. The number of aryl methyl sites for hydroxylation is 1.